The Hall–Kier alpha value is -2.61. The molecule has 0 aromatic carbocycles. The van der Waals surface area contributed by atoms with Gasteiger partial charge in [-0.2, -0.15) is 0 Å². The summed E-state index contributed by atoms with van der Waals surface area (Å²) in [6.07, 6.45) is 0.362. The molecule has 7 nitrogen and oxygen atoms in total. The molecule has 0 unspecified atom stereocenters. The van der Waals surface area contributed by atoms with Gasteiger partial charge < -0.3 is 5.11 Å². The molecular weight excluding hydrogens is 330 g/mol. The maximum absolute atomic E-state index is 12.4. The molecule has 0 aliphatic rings. The molecule has 2 aromatic heterocycles. The van der Waals surface area contributed by atoms with Crippen molar-refractivity contribution in [2.75, 3.05) is 12.0 Å². The number of amides is 2. The van der Waals surface area contributed by atoms with Crippen LogP contribution in [0.25, 0.3) is 0 Å². The van der Waals surface area contributed by atoms with Crippen molar-refractivity contribution in [2.24, 2.45) is 0 Å². The van der Waals surface area contributed by atoms with Gasteiger partial charge in [0.1, 0.15) is 12.2 Å². The van der Waals surface area contributed by atoms with Gasteiger partial charge in [0.25, 0.3) is 5.91 Å². The van der Waals surface area contributed by atoms with E-state index in [0.29, 0.717) is 10.6 Å². The van der Waals surface area contributed by atoms with Crippen molar-refractivity contribution in [2.45, 2.75) is 26.3 Å². The predicted molar refractivity (Wildman–Crippen MR) is 91.0 cm³/mol. The Kier molecular flexibility index (Phi) is 5.08. The van der Waals surface area contributed by atoms with Crippen LogP contribution in [0.15, 0.2) is 35.8 Å². The average Bonchev–Trinajstić information content (AvgIpc) is 3.13. The van der Waals surface area contributed by atoms with Gasteiger partial charge in [0.2, 0.25) is 5.78 Å². The van der Waals surface area contributed by atoms with Gasteiger partial charge in [-0.25, -0.2) is 4.79 Å². The van der Waals surface area contributed by atoms with E-state index in [9.17, 15) is 19.5 Å². The van der Waals surface area contributed by atoms with Crippen LogP contribution >= 0.6 is 11.3 Å². The van der Waals surface area contributed by atoms with E-state index in [0.717, 1.165) is 4.90 Å². The van der Waals surface area contributed by atoms with Crippen LogP contribution in [0.5, 0.6) is 0 Å². The molecule has 0 bridgehead atoms. The van der Waals surface area contributed by atoms with E-state index in [4.69, 9.17) is 0 Å². The van der Waals surface area contributed by atoms with Crippen molar-refractivity contribution >= 4 is 29.1 Å². The van der Waals surface area contributed by atoms with Crippen LogP contribution in [0.4, 0.5) is 4.79 Å². The van der Waals surface area contributed by atoms with Crippen LogP contribution in [0, 0.1) is 0 Å². The van der Waals surface area contributed by atoms with Gasteiger partial charge >= 0.3 is 6.09 Å². The Bertz CT molecular complexity index is 744. The summed E-state index contributed by atoms with van der Waals surface area (Å²) in [5, 5.41) is 11.0. The number of ketones is 1. The molecule has 2 amide bonds. The highest BCUT2D eigenvalue weighted by molar-refractivity contribution is 7.12. The number of carboxylic acid groups (broad SMARTS) is 1. The van der Waals surface area contributed by atoms with E-state index < -0.39 is 17.5 Å². The van der Waals surface area contributed by atoms with Crippen molar-refractivity contribution in [3.8, 4) is 0 Å². The second-order valence-corrected chi connectivity index (χ2v) is 7.09. The summed E-state index contributed by atoms with van der Waals surface area (Å²) in [4.78, 5) is 37.5. The van der Waals surface area contributed by atoms with Crippen molar-refractivity contribution in [3.05, 3.63) is 46.4 Å². The SMILES string of the molecule is CC(C)(C)N(CC(=O)Nn1cccc1C(=O)c1cccs1)C(=O)O. The molecule has 0 saturated carbocycles. The molecule has 128 valence electrons. The molecule has 24 heavy (non-hydrogen) atoms. The number of hydrogen-bond acceptors (Lipinski definition) is 4. The van der Waals surface area contributed by atoms with E-state index in [1.165, 1.54) is 16.0 Å². The van der Waals surface area contributed by atoms with Crippen LogP contribution in [-0.2, 0) is 4.79 Å². The zero-order valence-electron chi connectivity index (χ0n) is 13.6. The largest absolute Gasteiger partial charge is 0.465 e. The molecule has 0 aliphatic heterocycles. The van der Waals surface area contributed by atoms with Crippen LogP contribution in [0.3, 0.4) is 0 Å². The number of nitrogens with zero attached hydrogens (tertiary/aromatic N) is 2. The fraction of sp³-hybridized carbons (Fsp3) is 0.312. The van der Waals surface area contributed by atoms with Gasteiger partial charge in [0.05, 0.1) is 4.88 Å². The van der Waals surface area contributed by atoms with Gasteiger partial charge in [-0.05, 0) is 44.4 Å². The molecule has 0 radical (unpaired) electrons. The number of aromatic nitrogens is 1. The lowest BCUT2D eigenvalue weighted by atomic mass is 10.1. The first kappa shape index (κ1) is 17.7. The topological polar surface area (TPSA) is 91.6 Å². The number of nitrogens with one attached hydrogen (secondary N) is 1. The standard InChI is InChI=1S/C16H19N3O4S/c1-16(2,3)18(15(22)23)10-13(20)17-19-8-4-6-11(19)14(21)12-7-5-9-24-12/h4-9H,10H2,1-3H3,(H,17,20)(H,22,23). The molecular formula is C16H19N3O4S. The van der Waals surface area contributed by atoms with Crippen LogP contribution in [-0.4, -0.2) is 44.5 Å². The molecule has 2 N–H and O–H groups in total. The molecule has 0 spiro atoms. The second kappa shape index (κ2) is 6.88. The summed E-state index contributed by atoms with van der Waals surface area (Å²) in [6.45, 7) is 4.78. The highest BCUT2D eigenvalue weighted by Gasteiger charge is 2.28. The van der Waals surface area contributed by atoms with Gasteiger partial charge in [-0.1, -0.05) is 6.07 Å². The van der Waals surface area contributed by atoms with Gasteiger partial charge in [-0.3, -0.25) is 24.6 Å². The minimum absolute atomic E-state index is 0.207. The fourth-order valence-corrected chi connectivity index (χ4v) is 2.77. The zero-order chi connectivity index (χ0) is 17.9. The third-order valence-corrected chi connectivity index (χ3v) is 4.18. The summed E-state index contributed by atoms with van der Waals surface area (Å²) < 4.78 is 1.31. The minimum atomic E-state index is -1.18. The maximum Gasteiger partial charge on any atom is 0.408 e. The molecule has 0 atom stereocenters. The lowest BCUT2D eigenvalue weighted by Gasteiger charge is -2.32. The number of thiophene rings is 1. The smallest absolute Gasteiger partial charge is 0.408 e. The quantitative estimate of drug-likeness (QED) is 0.812. The van der Waals surface area contributed by atoms with E-state index in [1.54, 1.807) is 56.6 Å². The Morgan fingerprint density at radius 1 is 1.25 bits per heavy atom. The number of carbonyl (C=O) groups excluding carboxylic acids is 2. The minimum Gasteiger partial charge on any atom is -0.465 e. The van der Waals surface area contributed by atoms with Crippen molar-refractivity contribution < 1.29 is 19.5 Å². The third kappa shape index (κ3) is 4.02. The van der Waals surface area contributed by atoms with Crippen molar-refractivity contribution in [1.82, 2.24) is 9.58 Å². The number of rotatable bonds is 5. The fourth-order valence-electron chi connectivity index (χ4n) is 2.10. The van der Waals surface area contributed by atoms with Crippen molar-refractivity contribution in [3.63, 3.8) is 0 Å². The predicted octanol–water partition coefficient (Wildman–Crippen LogP) is 2.63. The number of carbonyl (C=O) groups is 3. The first-order valence-corrected chi connectivity index (χ1v) is 8.14. The van der Waals surface area contributed by atoms with Gasteiger partial charge in [-0.15, -0.1) is 11.3 Å². The second-order valence-electron chi connectivity index (χ2n) is 6.14. The maximum atomic E-state index is 12.4. The molecule has 0 aliphatic carbocycles. The molecule has 0 fully saturated rings. The summed E-state index contributed by atoms with van der Waals surface area (Å²) in [6, 6.07) is 6.72. The summed E-state index contributed by atoms with van der Waals surface area (Å²) in [7, 11) is 0. The van der Waals surface area contributed by atoms with Crippen LogP contribution in [0.2, 0.25) is 0 Å². The highest BCUT2D eigenvalue weighted by atomic mass is 32.1. The van der Waals surface area contributed by atoms with Gasteiger partial charge in [0, 0.05) is 11.7 Å². The van der Waals surface area contributed by atoms with Gasteiger partial charge in [0.15, 0.2) is 0 Å². The first-order valence-electron chi connectivity index (χ1n) is 7.26. The van der Waals surface area contributed by atoms with E-state index in [1.807, 2.05) is 0 Å². The van der Waals surface area contributed by atoms with E-state index in [-0.39, 0.29) is 12.3 Å². The summed E-state index contributed by atoms with van der Waals surface area (Å²) in [5.74, 6) is -0.732. The highest BCUT2D eigenvalue weighted by Crippen LogP contribution is 2.16. The zero-order valence-corrected chi connectivity index (χ0v) is 14.5. The summed E-state index contributed by atoms with van der Waals surface area (Å²) >= 11 is 1.31. The monoisotopic (exact) mass is 349 g/mol. The van der Waals surface area contributed by atoms with E-state index in [2.05, 4.69) is 5.43 Å². The molecule has 2 aromatic rings. The lowest BCUT2D eigenvalue weighted by Crippen LogP contribution is -2.49. The van der Waals surface area contributed by atoms with Crippen LogP contribution < -0.4 is 5.43 Å². The average molecular weight is 349 g/mol. The first-order chi connectivity index (χ1) is 11.2. The Labute approximate surface area is 143 Å². The Morgan fingerprint density at radius 3 is 2.50 bits per heavy atom. The molecule has 8 heteroatoms. The Morgan fingerprint density at radius 2 is 1.96 bits per heavy atom. The molecule has 0 saturated heterocycles. The number of hydrogen-bond donors (Lipinski definition) is 2. The third-order valence-electron chi connectivity index (χ3n) is 3.31. The molecule has 2 heterocycles. The lowest BCUT2D eigenvalue weighted by molar-refractivity contribution is -0.118. The van der Waals surface area contributed by atoms with Crippen LogP contribution in [0.1, 0.15) is 36.1 Å². The molecule has 2 rings (SSSR count). The summed E-state index contributed by atoms with van der Waals surface area (Å²) in [5.41, 5.74) is 2.14. The van der Waals surface area contributed by atoms with E-state index >= 15 is 0 Å². The Balaban J connectivity index is 2.12. The van der Waals surface area contributed by atoms with Crippen molar-refractivity contribution in [1.29, 1.82) is 0 Å². The normalized spacial score (nSPS) is 11.1.